The van der Waals surface area contributed by atoms with Crippen molar-refractivity contribution in [3.8, 4) is 5.75 Å². The summed E-state index contributed by atoms with van der Waals surface area (Å²) in [4.78, 5) is 21.8. The van der Waals surface area contributed by atoms with Crippen molar-refractivity contribution in [2.75, 3.05) is 5.32 Å². The maximum Gasteiger partial charge on any atom is 0.311 e. The molecule has 1 aromatic carbocycles. The third kappa shape index (κ3) is 2.12. The highest BCUT2D eigenvalue weighted by Gasteiger charge is 2.31. The Morgan fingerprint density at radius 1 is 1.42 bits per heavy atom. The summed E-state index contributed by atoms with van der Waals surface area (Å²) in [6.45, 7) is 0. The first-order valence-corrected chi connectivity index (χ1v) is 6.06. The van der Waals surface area contributed by atoms with Gasteiger partial charge >= 0.3 is 5.69 Å². The third-order valence-corrected chi connectivity index (χ3v) is 3.43. The summed E-state index contributed by atoms with van der Waals surface area (Å²) < 4.78 is 5.60. The molecule has 0 saturated heterocycles. The fourth-order valence-electron chi connectivity index (χ4n) is 2.36. The number of nitro groups is 1. The number of hydrogen-bond acceptors (Lipinski definition) is 5. The number of rotatable bonds is 3. The van der Waals surface area contributed by atoms with E-state index in [0.29, 0.717) is 24.1 Å². The van der Waals surface area contributed by atoms with Gasteiger partial charge in [0, 0.05) is 23.9 Å². The van der Waals surface area contributed by atoms with Crippen LogP contribution in [0.1, 0.15) is 18.4 Å². The average Bonchev–Trinajstić information content (AvgIpc) is 2.65. The summed E-state index contributed by atoms with van der Waals surface area (Å²) in [6, 6.07) is 3.04. The van der Waals surface area contributed by atoms with Crippen molar-refractivity contribution in [2.24, 2.45) is 5.73 Å². The fraction of sp³-hybridized carbons (Fsp3) is 0.417. The van der Waals surface area contributed by atoms with Gasteiger partial charge in [0.15, 0.2) is 5.75 Å². The molecule has 0 atom stereocenters. The minimum absolute atomic E-state index is 0.0798. The van der Waals surface area contributed by atoms with E-state index in [1.165, 1.54) is 12.1 Å². The molecule has 0 unspecified atom stereocenters. The molecule has 1 saturated carbocycles. The molecule has 1 aliphatic carbocycles. The molecule has 19 heavy (non-hydrogen) atoms. The molecule has 0 radical (unpaired) electrons. The highest BCUT2D eigenvalue weighted by molar-refractivity contribution is 5.99. The van der Waals surface area contributed by atoms with Crippen LogP contribution in [0.15, 0.2) is 12.1 Å². The number of fused-ring (bicyclic) bond motifs is 1. The molecule has 1 fully saturated rings. The Balaban J connectivity index is 1.91. The number of carbonyl (C=O) groups is 1. The van der Waals surface area contributed by atoms with E-state index in [9.17, 15) is 14.9 Å². The molecule has 7 heteroatoms. The van der Waals surface area contributed by atoms with E-state index in [-0.39, 0.29) is 35.9 Å². The summed E-state index contributed by atoms with van der Waals surface area (Å²) in [5, 5.41) is 13.7. The van der Waals surface area contributed by atoms with Crippen LogP contribution in [0.25, 0.3) is 0 Å². The lowest BCUT2D eigenvalue weighted by Crippen LogP contribution is -2.43. The van der Waals surface area contributed by atoms with Gasteiger partial charge in [0.05, 0.1) is 11.3 Å². The second-order valence-electron chi connectivity index (χ2n) is 4.93. The van der Waals surface area contributed by atoms with Crippen LogP contribution in [0.2, 0.25) is 0 Å². The smallest absolute Gasteiger partial charge is 0.311 e. The van der Waals surface area contributed by atoms with Gasteiger partial charge in [-0.05, 0) is 18.4 Å². The number of ether oxygens (including phenoxy) is 1. The molecule has 3 rings (SSSR count). The van der Waals surface area contributed by atoms with E-state index < -0.39 is 4.92 Å². The van der Waals surface area contributed by atoms with Gasteiger partial charge in [0.2, 0.25) is 5.91 Å². The van der Waals surface area contributed by atoms with Gasteiger partial charge in [-0.3, -0.25) is 14.9 Å². The monoisotopic (exact) mass is 263 g/mol. The van der Waals surface area contributed by atoms with Gasteiger partial charge in [-0.2, -0.15) is 0 Å². The Hall–Kier alpha value is -2.15. The van der Waals surface area contributed by atoms with Gasteiger partial charge in [-0.25, -0.2) is 0 Å². The highest BCUT2D eigenvalue weighted by Crippen LogP contribution is 2.38. The molecular weight excluding hydrogens is 250 g/mol. The number of anilines is 1. The van der Waals surface area contributed by atoms with Crippen LogP contribution in [0.5, 0.6) is 5.75 Å². The maximum atomic E-state index is 11.3. The number of carbonyl (C=O) groups excluding carboxylic acids is 1. The SMILES string of the molecule is NC1CC(Oc2cc3c(cc2[N+](=O)[O-])CC(=O)N3)C1. The highest BCUT2D eigenvalue weighted by atomic mass is 16.6. The molecular formula is C12H13N3O4. The van der Waals surface area contributed by atoms with Gasteiger partial charge in [0.1, 0.15) is 6.10 Å². The Morgan fingerprint density at radius 3 is 2.79 bits per heavy atom. The van der Waals surface area contributed by atoms with E-state index >= 15 is 0 Å². The van der Waals surface area contributed by atoms with Crippen molar-refractivity contribution < 1.29 is 14.5 Å². The van der Waals surface area contributed by atoms with Crippen LogP contribution in [0.4, 0.5) is 11.4 Å². The van der Waals surface area contributed by atoms with Crippen LogP contribution in [-0.2, 0) is 11.2 Å². The van der Waals surface area contributed by atoms with Gasteiger partial charge in [-0.1, -0.05) is 0 Å². The normalized spacial score (nSPS) is 24.4. The van der Waals surface area contributed by atoms with E-state index in [1.54, 1.807) is 0 Å². The van der Waals surface area contributed by atoms with Gasteiger partial charge in [-0.15, -0.1) is 0 Å². The van der Waals surface area contributed by atoms with Crippen LogP contribution in [0.3, 0.4) is 0 Å². The molecule has 1 heterocycles. The maximum absolute atomic E-state index is 11.3. The zero-order valence-electron chi connectivity index (χ0n) is 10.1. The van der Waals surface area contributed by atoms with Crippen molar-refractivity contribution in [2.45, 2.75) is 31.4 Å². The Bertz CT molecular complexity index is 566. The lowest BCUT2D eigenvalue weighted by molar-refractivity contribution is -0.386. The summed E-state index contributed by atoms with van der Waals surface area (Å²) in [5.74, 6) is 0.0370. The fourth-order valence-corrected chi connectivity index (χ4v) is 2.36. The second-order valence-corrected chi connectivity index (χ2v) is 4.93. The Morgan fingerprint density at radius 2 is 2.16 bits per heavy atom. The first-order valence-electron chi connectivity index (χ1n) is 6.06. The molecule has 7 nitrogen and oxygen atoms in total. The molecule has 0 bridgehead atoms. The van der Waals surface area contributed by atoms with Crippen LogP contribution in [-0.4, -0.2) is 23.0 Å². The number of nitrogens with zero attached hydrogens (tertiary/aromatic N) is 1. The molecule has 0 aromatic heterocycles. The Labute approximate surface area is 108 Å². The number of amides is 1. The number of nitro benzene ring substituents is 1. The number of benzene rings is 1. The average molecular weight is 263 g/mol. The first-order chi connectivity index (χ1) is 9.02. The van der Waals surface area contributed by atoms with Gasteiger partial charge in [0.25, 0.3) is 0 Å². The lowest BCUT2D eigenvalue weighted by Gasteiger charge is -2.32. The third-order valence-electron chi connectivity index (χ3n) is 3.43. The van der Waals surface area contributed by atoms with E-state index in [4.69, 9.17) is 10.5 Å². The minimum Gasteiger partial charge on any atom is -0.483 e. The Kier molecular flexibility index (Phi) is 2.63. The second kappa shape index (κ2) is 4.20. The van der Waals surface area contributed by atoms with E-state index in [1.807, 2.05) is 0 Å². The van der Waals surface area contributed by atoms with Crippen molar-refractivity contribution in [1.82, 2.24) is 0 Å². The summed E-state index contributed by atoms with van der Waals surface area (Å²) in [6.07, 6.45) is 1.48. The van der Waals surface area contributed by atoms with Crippen LogP contribution in [0, 0.1) is 10.1 Å². The topological polar surface area (TPSA) is 107 Å². The molecule has 1 aliphatic heterocycles. The first kappa shape index (κ1) is 11.9. The number of nitrogens with one attached hydrogen (secondary N) is 1. The van der Waals surface area contributed by atoms with Crippen molar-refractivity contribution >= 4 is 17.3 Å². The van der Waals surface area contributed by atoms with Crippen LogP contribution >= 0.6 is 0 Å². The summed E-state index contributed by atoms with van der Waals surface area (Å²) in [7, 11) is 0. The molecule has 2 aliphatic rings. The summed E-state index contributed by atoms with van der Waals surface area (Å²) in [5.41, 5.74) is 6.78. The molecule has 100 valence electrons. The molecule has 3 N–H and O–H groups in total. The standard InChI is InChI=1S/C12H13N3O4/c13-7-3-8(4-7)19-11-5-9-6(2-12(16)14-9)1-10(11)15(17)18/h1,5,7-8H,2-4,13H2,(H,14,16). The molecule has 1 aromatic rings. The van der Waals surface area contributed by atoms with E-state index in [0.717, 1.165) is 0 Å². The zero-order valence-corrected chi connectivity index (χ0v) is 10.1. The number of hydrogen-bond donors (Lipinski definition) is 2. The zero-order chi connectivity index (χ0) is 13.6. The molecule has 0 spiro atoms. The van der Waals surface area contributed by atoms with Crippen molar-refractivity contribution in [1.29, 1.82) is 0 Å². The van der Waals surface area contributed by atoms with Gasteiger partial charge < -0.3 is 15.8 Å². The predicted octanol–water partition coefficient (Wildman–Crippen LogP) is 0.958. The molecule has 1 amide bonds. The number of nitrogens with two attached hydrogens (primary N) is 1. The van der Waals surface area contributed by atoms with E-state index in [2.05, 4.69) is 5.32 Å². The largest absolute Gasteiger partial charge is 0.483 e. The summed E-state index contributed by atoms with van der Waals surface area (Å²) >= 11 is 0. The van der Waals surface area contributed by atoms with Crippen LogP contribution < -0.4 is 15.8 Å². The van der Waals surface area contributed by atoms with Crippen molar-refractivity contribution in [3.05, 3.63) is 27.8 Å². The lowest BCUT2D eigenvalue weighted by atomic mass is 9.90. The quantitative estimate of drug-likeness (QED) is 0.623. The van der Waals surface area contributed by atoms with Crippen molar-refractivity contribution in [3.63, 3.8) is 0 Å². The predicted molar refractivity (Wildman–Crippen MR) is 67.1 cm³/mol. The minimum atomic E-state index is -0.489.